The van der Waals surface area contributed by atoms with Crippen LogP contribution in [0.4, 0.5) is 0 Å². The Bertz CT molecular complexity index is 1370. The number of para-hydroxylation sites is 1. The molecule has 1 aliphatic rings. The largest absolute Gasteiger partial charge is 0.496 e. The Morgan fingerprint density at radius 2 is 1.50 bits per heavy atom. The number of ketones is 1. The maximum Gasteiger partial charge on any atom is 0.231 e. The van der Waals surface area contributed by atoms with Gasteiger partial charge in [-0.25, -0.2) is 0 Å². The molecule has 4 heteroatoms. The van der Waals surface area contributed by atoms with Gasteiger partial charge in [0.25, 0.3) is 0 Å². The molecule has 0 aliphatic carbocycles. The molecule has 5 rings (SSSR count). The van der Waals surface area contributed by atoms with Crippen LogP contribution in [0, 0.1) is 6.92 Å². The van der Waals surface area contributed by atoms with Crippen molar-refractivity contribution in [3.8, 4) is 28.4 Å². The first-order valence-corrected chi connectivity index (χ1v) is 11.1. The number of benzene rings is 4. The SMILES string of the molecule is COc1ccccc1COc1ccc2c(c1C)O/C(=C\c1ccc(-c3ccccc3)cc1)C2=O. The molecule has 0 saturated carbocycles. The maximum absolute atomic E-state index is 13.0. The van der Waals surface area contributed by atoms with Gasteiger partial charge in [-0.05, 0) is 47.9 Å². The lowest BCUT2D eigenvalue weighted by molar-refractivity contribution is 0.101. The number of ether oxygens (including phenoxy) is 3. The first kappa shape index (κ1) is 21.5. The molecule has 0 aromatic heterocycles. The molecule has 4 nitrogen and oxygen atoms in total. The van der Waals surface area contributed by atoms with Crippen LogP contribution < -0.4 is 14.2 Å². The molecular formula is C30H24O4. The van der Waals surface area contributed by atoms with Gasteiger partial charge in [0, 0.05) is 11.1 Å². The Morgan fingerprint density at radius 3 is 2.26 bits per heavy atom. The lowest BCUT2D eigenvalue weighted by atomic mass is 10.0. The predicted octanol–water partition coefficient (Wildman–Crippen LogP) is 6.87. The zero-order valence-electron chi connectivity index (χ0n) is 19.1. The fourth-order valence-electron chi connectivity index (χ4n) is 4.06. The summed E-state index contributed by atoms with van der Waals surface area (Å²) in [5, 5.41) is 0. The molecule has 0 unspecified atom stereocenters. The highest BCUT2D eigenvalue weighted by molar-refractivity contribution is 6.15. The summed E-state index contributed by atoms with van der Waals surface area (Å²) in [4.78, 5) is 13.0. The van der Waals surface area contributed by atoms with Crippen molar-refractivity contribution in [3.63, 3.8) is 0 Å². The van der Waals surface area contributed by atoms with Crippen molar-refractivity contribution in [2.45, 2.75) is 13.5 Å². The average molecular weight is 449 g/mol. The van der Waals surface area contributed by atoms with Crippen LogP contribution in [0.2, 0.25) is 0 Å². The fourth-order valence-corrected chi connectivity index (χ4v) is 4.06. The molecule has 1 aliphatic heterocycles. The zero-order valence-corrected chi connectivity index (χ0v) is 19.1. The normalized spacial score (nSPS) is 13.5. The van der Waals surface area contributed by atoms with Gasteiger partial charge in [0.05, 0.1) is 12.7 Å². The number of hydrogen-bond acceptors (Lipinski definition) is 4. The molecule has 4 aromatic carbocycles. The van der Waals surface area contributed by atoms with E-state index in [1.54, 1.807) is 19.3 Å². The quantitative estimate of drug-likeness (QED) is 0.302. The molecule has 4 aromatic rings. The summed E-state index contributed by atoms with van der Waals surface area (Å²) in [5.41, 5.74) is 5.47. The molecule has 168 valence electrons. The summed E-state index contributed by atoms with van der Waals surface area (Å²) in [6.45, 7) is 2.26. The van der Waals surface area contributed by atoms with Gasteiger partial charge in [0.1, 0.15) is 23.9 Å². The maximum atomic E-state index is 13.0. The van der Waals surface area contributed by atoms with E-state index in [1.807, 2.05) is 79.7 Å². The Labute approximate surface area is 199 Å². The van der Waals surface area contributed by atoms with E-state index in [9.17, 15) is 4.79 Å². The zero-order chi connectivity index (χ0) is 23.5. The van der Waals surface area contributed by atoms with Crippen LogP contribution in [-0.4, -0.2) is 12.9 Å². The van der Waals surface area contributed by atoms with Crippen LogP contribution in [0.1, 0.15) is 27.0 Å². The number of Topliss-reactive ketones (excluding diaryl/α,β-unsaturated/α-hetero) is 1. The molecule has 1 heterocycles. The van der Waals surface area contributed by atoms with Crippen molar-refractivity contribution in [2.75, 3.05) is 7.11 Å². The standard InChI is InChI=1S/C30H24O4/c1-20-26(33-19-24-10-6-7-11-27(24)32-2)17-16-25-29(31)28(34-30(20)25)18-21-12-14-23(15-13-21)22-8-4-3-5-9-22/h3-18H,19H2,1-2H3/b28-18-. The lowest BCUT2D eigenvalue weighted by Gasteiger charge is -2.13. The van der Waals surface area contributed by atoms with Crippen molar-refractivity contribution in [2.24, 2.45) is 0 Å². The van der Waals surface area contributed by atoms with E-state index in [4.69, 9.17) is 14.2 Å². The van der Waals surface area contributed by atoms with Crippen molar-refractivity contribution in [3.05, 3.63) is 119 Å². The smallest absolute Gasteiger partial charge is 0.231 e. The third kappa shape index (κ3) is 4.18. The van der Waals surface area contributed by atoms with Crippen molar-refractivity contribution in [1.29, 1.82) is 0 Å². The highest BCUT2D eigenvalue weighted by Crippen LogP contribution is 2.39. The summed E-state index contributed by atoms with van der Waals surface area (Å²) < 4.78 is 17.5. The highest BCUT2D eigenvalue weighted by atomic mass is 16.5. The van der Waals surface area contributed by atoms with Crippen LogP contribution in [0.3, 0.4) is 0 Å². The minimum atomic E-state index is -0.124. The van der Waals surface area contributed by atoms with Crippen LogP contribution in [0.5, 0.6) is 17.2 Å². The van der Waals surface area contributed by atoms with Gasteiger partial charge in [0.2, 0.25) is 5.78 Å². The van der Waals surface area contributed by atoms with Gasteiger partial charge in [-0.15, -0.1) is 0 Å². The Kier molecular flexibility index (Phi) is 5.88. The first-order chi connectivity index (χ1) is 16.6. The van der Waals surface area contributed by atoms with Gasteiger partial charge in [0.15, 0.2) is 5.76 Å². The number of rotatable bonds is 6. The van der Waals surface area contributed by atoms with Gasteiger partial charge < -0.3 is 14.2 Å². The monoisotopic (exact) mass is 448 g/mol. The van der Waals surface area contributed by atoms with E-state index in [2.05, 4.69) is 12.1 Å². The average Bonchev–Trinajstić information content (AvgIpc) is 3.20. The second-order valence-electron chi connectivity index (χ2n) is 8.09. The highest BCUT2D eigenvalue weighted by Gasteiger charge is 2.30. The molecule has 0 amide bonds. The third-order valence-electron chi connectivity index (χ3n) is 5.93. The molecule has 0 fully saturated rings. The van der Waals surface area contributed by atoms with E-state index >= 15 is 0 Å². The number of carbonyl (C=O) groups excluding carboxylic acids is 1. The Morgan fingerprint density at radius 1 is 0.794 bits per heavy atom. The Balaban J connectivity index is 1.35. The van der Waals surface area contributed by atoms with Gasteiger partial charge >= 0.3 is 0 Å². The van der Waals surface area contributed by atoms with E-state index in [-0.39, 0.29) is 5.78 Å². The molecule has 0 N–H and O–H groups in total. The summed E-state index contributed by atoms with van der Waals surface area (Å²) in [5.74, 6) is 2.19. The topological polar surface area (TPSA) is 44.8 Å². The second-order valence-corrected chi connectivity index (χ2v) is 8.09. The minimum Gasteiger partial charge on any atom is -0.496 e. The van der Waals surface area contributed by atoms with Crippen LogP contribution >= 0.6 is 0 Å². The first-order valence-electron chi connectivity index (χ1n) is 11.1. The fraction of sp³-hybridized carbons (Fsp3) is 0.100. The number of carbonyl (C=O) groups is 1. The Hall–Kier alpha value is -4.31. The van der Waals surface area contributed by atoms with Crippen LogP contribution in [-0.2, 0) is 6.61 Å². The minimum absolute atomic E-state index is 0.124. The van der Waals surface area contributed by atoms with Crippen molar-refractivity contribution >= 4 is 11.9 Å². The third-order valence-corrected chi connectivity index (χ3v) is 5.93. The van der Waals surface area contributed by atoms with Crippen LogP contribution in [0.15, 0.2) is 96.8 Å². The number of fused-ring (bicyclic) bond motifs is 1. The molecular weight excluding hydrogens is 424 g/mol. The van der Waals surface area contributed by atoms with Gasteiger partial charge in [-0.2, -0.15) is 0 Å². The van der Waals surface area contributed by atoms with E-state index in [0.29, 0.717) is 29.4 Å². The summed E-state index contributed by atoms with van der Waals surface area (Å²) in [6, 6.07) is 29.6. The predicted molar refractivity (Wildman–Crippen MR) is 133 cm³/mol. The number of hydrogen-bond donors (Lipinski definition) is 0. The second kappa shape index (κ2) is 9.28. The van der Waals surface area contributed by atoms with Crippen molar-refractivity contribution < 1.29 is 19.0 Å². The summed E-state index contributed by atoms with van der Waals surface area (Å²) in [7, 11) is 1.64. The molecule has 34 heavy (non-hydrogen) atoms. The number of methoxy groups -OCH3 is 1. The van der Waals surface area contributed by atoms with Crippen LogP contribution in [0.25, 0.3) is 17.2 Å². The summed E-state index contributed by atoms with van der Waals surface area (Å²) >= 11 is 0. The molecule has 0 saturated heterocycles. The van der Waals surface area contributed by atoms with Gasteiger partial charge in [-0.1, -0.05) is 72.8 Å². The van der Waals surface area contributed by atoms with Crippen molar-refractivity contribution in [1.82, 2.24) is 0 Å². The summed E-state index contributed by atoms with van der Waals surface area (Å²) in [6.07, 6.45) is 1.78. The van der Waals surface area contributed by atoms with E-state index in [0.717, 1.165) is 33.6 Å². The molecule has 0 spiro atoms. The molecule has 0 bridgehead atoms. The number of allylic oxidation sites excluding steroid dienone is 1. The lowest BCUT2D eigenvalue weighted by Crippen LogP contribution is -2.00. The molecule has 0 radical (unpaired) electrons. The van der Waals surface area contributed by atoms with E-state index < -0.39 is 0 Å². The van der Waals surface area contributed by atoms with E-state index in [1.165, 1.54) is 0 Å². The molecule has 0 atom stereocenters. The van der Waals surface area contributed by atoms with Gasteiger partial charge in [-0.3, -0.25) is 4.79 Å².